The van der Waals surface area contributed by atoms with E-state index in [0.29, 0.717) is 11.2 Å². The van der Waals surface area contributed by atoms with E-state index in [9.17, 15) is 4.79 Å². The predicted molar refractivity (Wildman–Crippen MR) is 136 cm³/mol. The average molecular weight is 451 g/mol. The number of rotatable bonds is 6. The minimum atomic E-state index is -0.0216. The van der Waals surface area contributed by atoms with Crippen molar-refractivity contribution in [1.29, 1.82) is 0 Å². The van der Waals surface area contributed by atoms with Crippen LogP contribution in [0.5, 0.6) is 5.75 Å². The summed E-state index contributed by atoms with van der Waals surface area (Å²) in [5, 5.41) is 4.00. The van der Waals surface area contributed by atoms with Crippen molar-refractivity contribution in [2.45, 2.75) is 12.8 Å². The highest BCUT2D eigenvalue weighted by Crippen LogP contribution is 2.25. The molecule has 4 aromatic rings. The number of nitrogens with zero attached hydrogens (tertiary/aromatic N) is 1. The van der Waals surface area contributed by atoms with Crippen LogP contribution in [0.25, 0.3) is 10.2 Å². The number of hydrogen-bond acceptors (Lipinski definition) is 5. The van der Waals surface area contributed by atoms with Gasteiger partial charge in [-0.1, -0.05) is 54.6 Å². The normalized spacial score (nSPS) is 13.2. The Hall–Kier alpha value is -3.96. The second-order valence-electron chi connectivity index (χ2n) is 7.66. The van der Waals surface area contributed by atoms with Crippen molar-refractivity contribution in [3.63, 3.8) is 0 Å². The summed E-state index contributed by atoms with van der Waals surface area (Å²) in [5.41, 5.74) is 2.10. The number of fused-ring (bicyclic) bond motifs is 1. The van der Waals surface area contributed by atoms with Gasteiger partial charge in [0.15, 0.2) is 5.43 Å². The Bertz CT molecular complexity index is 1420. The molecule has 4 nitrogen and oxygen atoms in total. The van der Waals surface area contributed by atoms with Crippen molar-refractivity contribution in [2.24, 2.45) is 0 Å². The number of hydrogen-bond donors (Lipinski definition) is 1. The van der Waals surface area contributed by atoms with Gasteiger partial charge in [0, 0.05) is 17.0 Å². The maximum absolute atomic E-state index is 12.6. The molecule has 2 aromatic heterocycles. The standard InChI is InChI=1S/C28H22N2O2S/c31-26-16-17-27(30-28-25(26)19-24(33-28)18-20-8-3-1-4-9-20)29-21-10-7-13-23(15-14-21)32-22-11-5-2-6-12-22/h1-6,8-17,19H,7,18H2,(H,29,30). The molecule has 0 saturated carbocycles. The van der Waals surface area contributed by atoms with E-state index in [1.807, 2.05) is 72.8 Å². The Morgan fingerprint density at radius 3 is 2.52 bits per heavy atom. The van der Waals surface area contributed by atoms with E-state index in [2.05, 4.69) is 23.5 Å². The number of allylic oxidation sites excluding steroid dienone is 4. The quantitative estimate of drug-likeness (QED) is 0.366. The Morgan fingerprint density at radius 2 is 1.70 bits per heavy atom. The van der Waals surface area contributed by atoms with E-state index < -0.39 is 0 Å². The van der Waals surface area contributed by atoms with Gasteiger partial charge in [-0.15, -0.1) is 11.3 Å². The zero-order valence-corrected chi connectivity index (χ0v) is 18.7. The van der Waals surface area contributed by atoms with Crippen LogP contribution in [0.4, 0.5) is 5.82 Å². The summed E-state index contributed by atoms with van der Waals surface area (Å²) in [5.74, 6) is 2.23. The van der Waals surface area contributed by atoms with E-state index in [0.717, 1.165) is 39.8 Å². The molecule has 1 aliphatic rings. The molecule has 0 fully saturated rings. The third-order valence-electron chi connectivity index (χ3n) is 5.20. The zero-order chi connectivity index (χ0) is 22.5. The highest BCUT2D eigenvalue weighted by atomic mass is 32.1. The molecule has 5 rings (SSSR count). The van der Waals surface area contributed by atoms with E-state index >= 15 is 0 Å². The molecule has 1 N–H and O–H groups in total. The smallest absolute Gasteiger partial charge is 0.189 e. The molecule has 0 saturated heterocycles. The number of ether oxygens (including phenoxy) is 1. The monoisotopic (exact) mass is 450 g/mol. The molecule has 33 heavy (non-hydrogen) atoms. The van der Waals surface area contributed by atoms with E-state index in [-0.39, 0.29) is 5.43 Å². The summed E-state index contributed by atoms with van der Waals surface area (Å²) in [6.07, 6.45) is 9.49. The van der Waals surface area contributed by atoms with Crippen LogP contribution in [0.2, 0.25) is 0 Å². The molecule has 0 spiro atoms. The molecule has 0 unspecified atom stereocenters. The van der Waals surface area contributed by atoms with Crippen LogP contribution >= 0.6 is 11.3 Å². The van der Waals surface area contributed by atoms with Crippen LogP contribution < -0.4 is 15.5 Å². The van der Waals surface area contributed by atoms with Crippen molar-refractivity contribution >= 4 is 27.4 Å². The molecule has 0 atom stereocenters. The minimum absolute atomic E-state index is 0.0216. The van der Waals surface area contributed by atoms with Gasteiger partial charge in [0.25, 0.3) is 0 Å². The summed E-state index contributed by atoms with van der Waals surface area (Å²) >= 11 is 1.56. The van der Waals surface area contributed by atoms with Gasteiger partial charge in [-0.2, -0.15) is 0 Å². The van der Waals surface area contributed by atoms with Crippen molar-refractivity contribution in [3.8, 4) is 5.75 Å². The van der Waals surface area contributed by atoms with Crippen LogP contribution in [0.15, 0.2) is 119 Å². The minimum Gasteiger partial charge on any atom is -0.458 e. The van der Waals surface area contributed by atoms with Gasteiger partial charge in [0.05, 0.1) is 5.39 Å². The van der Waals surface area contributed by atoms with Gasteiger partial charge >= 0.3 is 0 Å². The van der Waals surface area contributed by atoms with Crippen molar-refractivity contribution in [1.82, 2.24) is 4.98 Å². The molecule has 0 bridgehead atoms. The predicted octanol–water partition coefficient (Wildman–Crippen LogP) is 6.47. The van der Waals surface area contributed by atoms with Crippen LogP contribution in [-0.4, -0.2) is 4.98 Å². The Kier molecular flexibility index (Phi) is 6.13. The molecule has 0 aliphatic heterocycles. The topological polar surface area (TPSA) is 51.2 Å². The fraction of sp³-hybridized carbons (Fsp3) is 0.0714. The number of para-hydroxylation sites is 1. The maximum Gasteiger partial charge on any atom is 0.189 e. The first-order chi connectivity index (χ1) is 16.2. The molecule has 2 aromatic carbocycles. The van der Waals surface area contributed by atoms with Crippen LogP contribution in [0.3, 0.4) is 0 Å². The van der Waals surface area contributed by atoms with Gasteiger partial charge in [0.1, 0.15) is 22.2 Å². The number of anilines is 1. The van der Waals surface area contributed by atoms with E-state index in [4.69, 9.17) is 9.72 Å². The second kappa shape index (κ2) is 9.67. The van der Waals surface area contributed by atoms with Gasteiger partial charge < -0.3 is 10.1 Å². The fourth-order valence-corrected chi connectivity index (χ4v) is 4.66. The third-order valence-corrected chi connectivity index (χ3v) is 6.23. The summed E-state index contributed by atoms with van der Waals surface area (Å²) in [6, 6.07) is 25.3. The molecule has 2 heterocycles. The molecule has 0 radical (unpaired) electrons. The lowest BCUT2D eigenvalue weighted by Crippen LogP contribution is -1.97. The van der Waals surface area contributed by atoms with Gasteiger partial charge in [-0.05, 0) is 60.5 Å². The summed E-state index contributed by atoms with van der Waals surface area (Å²) in [4.78, 5) is 19.3. The lowest BCUT2D eigenvalue weighted by Gasteiger charge is -2.05. The number of benzene rings is 2. The first-order valence-corrected chi connectivity index (χ1v) is 11.6. The highest BCUT2D eigenvalue weighted by Gasteiger charge is 2.08. The number of aromatic nitrogens is 1. The first kappa shape index (κ1) is 20.9. The van der Waals surface area contributed by atoms with Crippen molar-refractivity contribution in [3.05, 3.63) is 135 Å². The Balaban J connectivity index is 1.34. The lowest BCUT2D eigenvalue weighted by atomic mass is 10.1. The maximum atomic E-state index is 12.6. The zero-order valence-electron chi connectivity index (χ0n) is 17.9. The van der Waals surface area contributed by atoms with Gasteiger partial charge in [-0.3, -0.25) is 4.79 Å². The summed E-state index contributed by atoms with van der Waals surface area (Å²) in [6.45, 7) is 0. The molecule has 5 heteroatoms. The molecular weight excluding hydrogens is 428 g/mol. The first-order valence-electron chi connectivity index (χ1n) is 10.8. The van der Waals surface area contributed by atoms with Crippen LogP contribution in [0, 0.1) is 0 Å². The fourth-order valence-electron chi connectivity index (χ4n) is 3.59. The SMILES string of the molecule is O=c1ccc(NC2=CCC=C(Oc3ccccc3)C=C2)nc2sc(Cc3ccccc3)cc12. The average Bonchev–Trinajstić information content (AvgIpc) is 3.01. The van der Waals surface area contributed by atoms with Gasteiger partial charge in [0.2, 0.25) is 0 Å². The van der Waals surface area contributed by atoms with Crippen LogP contribution in [-0.2, 0) is 6.42 Å². The number of nitrogens with one attached hydrogen (secondary N) is 1. The molecule has 1 aliphatic carbocycles. The molecule has 162 valence electrons. The Labute approximate surface area is 196 Å². The second-order valence-corrected chi connectivity index (χ2v) is 8.78. The molecular formula is C28H22N2O2S. The lowest BCUT2D eigenvalue weighted by molar-refractivity contribution is 0.443. The van der Waals surface area contributed by atoms with E-state index in [1.165, 1.54) is 5.56 Å². The largest absolute Gasteiger partial charge is 0.458 e. The van der Waals surface area contributed by atoms with Crippen molar-refractivity contribution < 1.29 is 4.74 Å². The van der Waals surface area contributed by atoms with Crippen molar-refractivity contribution in [2.75, 3.05) is 5.32 Å². The molecule has 0 amide bonds. The van der Waals surface area contributed by atoms with Gasteiger partial charge in [-0.25, -0.2) is 4.98 Å². The van der Waals surface area contributed by atoms with Crippen LogP contribution in [0.1, 0.15) is 16.9 Å². The highest BCUT2D eigenvalue weighted by molar-refractivity contribution is 7.18. The summed E-state index contributed by atoms with van der Waals surface area (Å²) in [7, 11) is 0. The third kappa shape index (κ3) is 5.27. The summed E-state index contributed by atoms with van der Waals surface area (Å²) < 4.78 is 5.93. The Morgan fingerprint density at radius 1 is 0.909 bits per heavy atom. The van der Waals surface area contributed by atoms with E-state index in [1.54, 1.807) is 23.5 Å². The number of thiophene rings is 1.